The number of carboxylic acid groups (broad SMARTS) is 1. The maximum absolute atomic E-state index is 10.5. The summed E-state index contributed by atoms with van der Waals surface area (Å²) in [5.41, 5.74) is 8.88. The Labute approximate surface area is 99.4 Å². The average Bonchev–Trinajstić information content (AvgIpc) is 2.70. The zero-order valence-electron chi connectivity index (χ0n) is 9.57. The van der Waals surface area contributed by atoms with Crippen molar-refractivity contribution in [2.45, 2.75) is 19.3 Å². The van der Waals surface area contributed by atoms with E-state index in [1.807, 2.05) is 18.3 Å². The van der Waals surface area contributed by atoms with Gasteiger partial charge in [0, 0.05) is 23.5 Å². The van der Waals surface area contributed by atoms with Gasteiger partial charge in [0.05, 0.1) is 0 Å². The van der Waals surface area contributed by atoms with Gasteiger partial charge in [0.25, 0.3) is 0 Å². The number of aliphatic carboxylic acids is 1. The van der Waals surface area contributed by atoms with Crippen LogP contribution in [0.1, 0.15) is 17.5 Å². The zero-order chi connectivity index (χ0) is 12.3. The number of benzene rings is 1. The van der Waals surface area contributed by atoms with Crippen molar-refractivity contribution in [2.24, 2.45) is 5.73 Å². The van der Waals surface area contributed by atoms with Crippen LogP contribution in [-0.2, 0) is 17.6 Å². The molecular weight excluding hydrogens is 216 g/mol. The van der Waals surface area contributed by atoms with Crippen LogP contribution in [0, 0.1) is 0 Å². The summed E-state index contributed by atoms with van der Waals surface area (Å²) in [5, 5.41) is 9.82. The fourth-order valence-electron chi connectivity index (χ4n) is 1.99. The van der Waals surface area contributed by atoms with Gasteiger partial charge in [0.2, 0.25) is 0 Å². The van der Waals surface area contributed by atoms with Gasteiger partial charge in [-0.15, -0.1) is 0 Å². The van der Waals surface area contributed by atoms with Crippen LogP contribution in [0.3, 0.4) is 0 Å². The van der Waals surface area contributed by atoms with E-state index in [9.17, 15) is 4.79 Å². The smallest absolute Gasteiger partial charge is 0.303 e. The second kappa shape index (κ2) is 5.01. The summed E-state index contributed by atoms with van der Waals surface area (Å²) < 4.78 is 0. The maximum atomic E-state index is 10.5. The second-order valence-corrected chi connectivity index (χ2v) is 4.13. The molecule has 0 spiro atoms. The fraction of sp³-hybridized carbons (Fsp3) is 0.308. The molecule has 0 bridgehead atoms. The summed E-state index contributed by atoms with van der Waals surface area (Å²) >= 11 is 0. The molecule has 90 valence electrons. The van der Waals surface area contributed by atoms with Crippen molar-refractivity contribution in [3.63, 3.8) is 0 Å². The number of carbonyl (C=O) groups is 1. The quantitative estimate of drug-likeness (QED) is 0.734. The Morgan fingerprint density at radius 1 is 1.35 bits per heavy atom. The number of aromatic amines is 1. The summed E-state index contributed by atoms with van der Waals surface area (Å²) in [6, 6.07) is 6.01. The predicted molar refractivity (Wildman–Crippen MR) is 67.0 cm³/mol. The first-order valence-electron chi connectivity index (χ1n) is 5.71. The first kappa shape index (κ1) is 11.7. The predicted octanol–water partition coefficient (Wildman–Crippen LogP) is 1.69. The van der Waals surface area contributed by atoms with Gasteiger partial charge in [0.1, 0.15) is 0 Å². The lowest BCUT2D eigenvalue weighted by atomic mass is 10.0. The van der Waals surface area contributed by atoms with E-state index in [-0.39, 0.29) is 6.42 Å². The number of carboxylic acids is 1. The Kier molecular flexibility index (Phi) is 3.44. The van der Waals surface area contributed by atoms with Crippen LogP contribution in [0.15, 0.2) is 24.4 Å². The first-order valence-corrected chi connectivity index (χ1v) is 5.71. The van der Waals surface area contributed by atoms with Gasteiger partial charge in [-0.1, -0.05) is 6.07 Å². The van der Waals surface area contributed by atoms with Crippen molar-refractivity contribution in [3.8, 4) is 0 Å². The van der Waals surface area contributed by atoms with E-state index in [1.54, 1.807) is 0 Å². The highest BCUT2D eigenvalue weighted by Gasteiger charge is 2.05. The number of nitrogens with one attached hydrogen (secondary N) is 1. The van der Waals surface area contributed by atoms with E-state index in [0.29, 0.717) is 13.0 Å². The molecule has 0 aliphatic heterocycles. The molecule has 4 heteroatoms. The maximum Gasteiger partial charge on any atom is 0.303 e. The van der Waals surface area contributed by atoms with Crippen molar-refractivity contribution < 1.29 is 9.90 Å². The van der Waals surface area contributed by atoms with E-state index < -0.39 is 5.97 Å². The summed E-state index contributed by atoms with van der Waals surface area (Å²) in [6.45, 7) is 0.617. The van der Waals surface area contributed by atoms with Crippen LogP contribution in [0.2, 0.25) is 0 Å². The highest BCUT2D eigenvalue weighted by molar-refractivity contribution is 5.84. The molecule has 1 aromatic carbocycles. The van der Waals surface area contributed by atoms with Crippen molar-refractivity contribution in [1.82, 2.24) is 4.98 Å². The first-order chi connectivity index (χ1) is 8.20. The number of aryl methyl sites for hydroxylation is 1. The molecule has 0 saturated carbocycles. The van der Waals surface area contributed by atoms with Crippen LogP contribution in [0.25, 0.3) is 10.9 Å². The standard InChI is InChI=1S/C13H16N2O2/c14-6-5-10-8-15-12-3-1-9(7-11(10)12)2-4-13(16)17/h1,3,7-8,15H,2,4-6,14H2,(H,16,17). The number of rotatable bonds is 5. The van der Waals surface area contributed by atoms with Crippen molar-refractivity contribution in [2.75, 3.05) is 6.54 Å². The Morgan fingerprint density at radius 2 is 2.18 bits per heavy atom. The average molecular weight is 232 g/mol. The van der Waals surface area contributed by atoms with E-state index in [1.165, 1.54) is 5.56 Å². The van der Waals surface area contributed by atoms with Crippen LogP contribution >= 0.6 is 0 Å². The normalized spacial score (nSPS) is 10.9. The van der Waals surface area contributed by atoms with E-state index in [2.05, 4.69) is 11.1 Å². The molecule has 0 saturated heterocycles. The van der Waals surface area contributed by atoms with E-state index >= 15 is 0 Å². The monoisotopic (exact) mass is 232 g/mol. The highest BCUT2D eigenvalue weighted by Crippen LogP contribution is 2.20. The summed E-state index contributed by atoms with van der Waals surface area (Å²) in [6.07, 6.45) is 3.54. The fourth-order valence-corrected chi connectivity index (χ4v) is 1.99. The van der Waals surface area contributed by atoms with Crippen LogP contribution in [0.4, 0.5) is 0 Å². The Bertz CT molecular complexity index is 531. The zero-order valence-corrected chi connectivity index (χ0v) is 9.57. The lowest BCUT2D eigenvalue weighted by molar-refractivity contribution is -0.136. The Hall–Kier alpha value is -1.81. The lowest BCUT2D eigenvalue weighted by Gasteiger charge is -2.01. The topological polar surface area (TPSA) is 79.1 Å². The molecule has 2 aromatic rings. The molecule has 4 nitrogen and oxygen atoms in total. The second-order valence-electron chi connectivity index (χ2n) is 4.13. The molecule has 1 aromatic heterocycles. The molecule has 0 fully saturated rings. The number of hydrogen-bond acceptors (Lipinski definition) is 2. The van der Waals surface area contributed by atoms with Gasteiger partial charge in [-0.2, -0.15) is 0 Å². The minimum atomic E-state index is -0.763. The summed E-state index contributed by atoms with van der Waals surface area (Å²) in [5.74, 6) is -0.763. The third-order valence-electron chi connectivity index (χ3n) is 2.87. The summed E-state index contributed by atoms with van der Waals surface area (Å²) in [4.78, 5) is 13.7. The van der Waals surface area contributed by atoms with Crippen molar-refractivity contribution in [3.05, 3.63) is 35.5 Å². The van der Waals surface area contributed by atoms with Gasteiger partial charge in [-0.3, -0.25) is 4.79 Å². The molecule has 4 N–H and O–H groups in total. The van der Waals surface area contributed by atoms with Crippen molar-refractivity contribution in [1.29, 1.82) is 0 Å². The van der Waals surface area contributed by atoms with E-state index in [4.69, 9.17) is 10.8 Å². The number of nitrogens with two attached hydrogens (primary N) is 1. The van der Waals surface area contributed by atoms with Gasteiger partial charge in [-0.05, 0) is 42.6 Å². The molecule has 2 rings (SSSR count). The van der Waals surface area contributed by atoms with Crippen LogP contribution in [-0.4, -0.2) is 22.6 Å². The third-order valence-corrected chi connectivity index (χ3v) is 2.87. The third kappa shape index (κ3) is 2.65. The van der Waals surface area contributed by atoms with Gasteiger partial charge in [0.15, 0.2) is 0 Å². The molecule has 0 atom stereocenters. The molecule has 0 unspecified atom stereocenters. The highest BCUT2D eigenvalue weighted by atomic mass is 16.4. The lowest BCUT2D eigenvalue weighted by Crippen LogP contribution is -2.02. The molecule has 1 heterocycles. The number of aromatic nitrogens is 1. The number of fused-ring (bicyclic) bond motifs is 1. The number of hydrogen-bond donors (Lipinski definition) is 3. The molecule has 0 aliphatic rings. The molecule has 0 amide bonds. The van der Waals surface area contributed by atoms with Gasteiger partial charge in [-0.25, -0.2) is 0 Å². The van der Waals surface area contributed by atoms with Gasteiger partial charge < -0.3 is 15.8 Å². The Morgan fingerprint density at radius 3 is 2.88 bits per heavy atom. The minimum Gasteiger partial charge on any atom is -0.481 e. The largest absolute Gasteiger partial charge is 0.481 e. The van der Waals surface area contributed by atoms with Gasteiger partial charge >= 0.3 is 5.97 Å². The van der Waals surface area contributed by atoms with Crippen molar-refractivity contribution >= 4 is 16.9 Å². The Balaban J connectivity index is 2.27. The molecular formula is C13H16N2O2. The minimum absolute atomic E-state index is 0.169. The molecule has 17 heavy (non-hydrogen) atoms. The SMILES string of the molecule is NCCc1c[nH]c2ccc(CCC(=O)O)cc12. The summed E-state index contributed by atoms with van der Waals surface area (Å²) in [7, 11) is 0. The number of H-pyrrole nitrogens is 1. The van der Waals surface area contributed by atoms with Crippen LogP contribution in [0.5, 0.6) is 0 Å². The molecule has 0 aliphatic carbocycles. The van der Waals surface area contributed by atoms with Crippen LogP contribution < -0.4 is 5.73 Å². The molecule has 0 radical (unpaired) electrons. The van der Waals surface area contributed by atoms with E-state index in [0.717, 1.165) is 22.9 Å².